The van der Waals surface area contributed by atoms with Crippen LogP contribution in [0.4, 0.5) is 0 Å². The van der Waals surface area contributed by atoms with Gasteiger partial charge in [0.25, 0.3) is 0 Å². The van der Waals surface area contributed by atoms with Crippen molar-refractivity contribution in [3.05, 3.63) is 35.4 Å². The minimum Gasteiger partial charge on any atom is -0.389 e. The maximum Gasteiger partial charge on any atom is 0.0746 e. The van der Waals surface area contributed by atoms with E-state index in [9.17, 15) is 5.11 Å². The van der Waals surface area contributed by atoms with Crippen LogP contribution in [0.3, 0.4) is 0 Å². The second-order valence-electron chi connectivity index (χ2n) is 5.87. The lowest BCUT2D eigenvalue weighted by Gasteiger charge is -2.25. The Kier molecular flexibility index (Phi) is 5.83. The van der Waals surface area contributed by atoms with Crippen molar-refractivity contribution in [2.75, 3.05) is 6.54 Å². The van der Waals surface area contributed by atoms with Gasteiger partial charge in [0.15, 0.2) is 0 Å². The molecule has 0 radical (unpaired) electrons. The first-order chi connectivity index (χ1) is 8.43. The molecule has 0 bridgehead atoms. The fraction of sp³-hybridized carbons (Fsp3) is 0.625. The van der Waals surface area contributed by atoms with E-state index in [2.05, 4.69) is 50.4 Å². The molecule has 0 spiro atoms. The number of rotatable bonds is 7. The van der Waals surface area contributed by atoms with Gasteiger partial charge in [0, 0.05) is 13.1 Å². The number of hydrogen-bond acceptors (Lipinski definition) is 2. The Balaban J connectivity index is 2.36. The van der Waals surface area contributed by atoms with Crippen molar-refractivity contribution < 1.29 is 5.11 Å². The molecule has 0 aliphatic rings. The second kappa shape index (κ2) is 6.91. The minimum absolute atomic E-state index is 0.519. The standard InChI is InChI=1S/C16H27NO/c1-5-14-6-8-15(9-7-14)11-17-12-16(4,18)10-13(2)3/h6-9,13,17-18H,5,10-12H2,1-4H3. The van der Waals surface area contributed by atoms with Gasteiger partial charge in [0.05, 0.1) is 5.60 Å². The van der Waals surface area contributed by atoms with Crippen molar-refractivity contribution in [1.29, 1.82) is 0 Å². The third-order valence-electron chi connectivity index (χ3n) is 3.11. The molecule has 1 atom stereocenters. The lowest BCUT2D eigenvalue weighted by molar-refractivity contribution is 0.0383. The van der Waals surface area contributed by atoms with Gasteiger partial charge < -0.3 is 10.4 Å². The van der Waals surface area contributed by atoms with Crippen LogP contribution in [0.2, 0.25) is 0 Å². The van der Waals surface area contributed by atoms with Crippen LogP contribution in [-0.2, 0) is 13.0 Å². The SMILES string of the molecule is CCc1ccc(CNCC(C)(O)CC(C)C)cc1. The van der Waals surface area contributed by atoms with Crippen LogP contribution >= 0.6 is 0 Å². The monoisotopic (exact) mass is 249 g/mol. The molecule has 0 saturated carbocycles. The molecule has 0 fully saturated rings. The predicted molar refractivity (Wildman–Crippen MR) is 77.6 cm³/mol. The number of nitrogens with one attached hydrogen (secondary N) is 1. The van der Waals surface area contributed by atoms with Crippen molar-refractivity contribution >= 4 is 0 Å². The van der Waals surface area contributed by atoms with E-state index in [-0.39, 0.29) is 0 Å². The molecule has 0 aromatic heterocycles. The van der Waals surface area contributed by atoms with Gasteiger partial charge in [0.1, 0.15) is 0 Å². The summed E-state index contributed by atoms with van der Waals surface area (Å²) in [6.45, 7) is 9.80. The van der Waals surface area contributed by atoms with Crippen LogP contribution in [-0.4, -0.2) is 17.3 Å². The highest BCUT2D eigenvalue weighted by Gasteiger charge is 2.20. The fourth-order valence-corrected chi connectivity index (χ4v) is 2.32. The number of aryl methyl sites for hydroxylation is 1. The average Bonchev–Trinajstić information content (AvgIpc) is 2.28. The van der Waals surface area contributed by atoms with E-state index in [0.717, 1.165) is 19.4 Å². The average molecular weight is 249 g/mol. The summed E-state index contributed by atoms with van der Waals surface area (Å²) in [6.07, 6.45) is 1.91. The van der Waals surface area contributed by atoms with Crippen molar-refractivity contribution in [2.24, 2.45) is 5.92 Å². The van der Waals surface area contributed by atoms with Gasteiger partial charge in [-0.05, 0) is 36.8 Å². The summed E-state index contributed by atoms with van der Waals surface area (Å²) in [4.78, 5) is 0. The molecule has 102 valence electrons. The number of aliphatic hydroxyl groups is 1. The molecule has 0 aliphatic carbocycles. The highest BCUT2D eigenvalue weighted by molar-refractivity contribution is 5.22. The predicted octanol–water partition coefficient (Wildman–Crippen LogP) is 3.14. The van der Waals surface area contributed by atoms with Crippen molar-refractivity contribution in [1.82, 2.24) is 5.32 Å². The van der Waals surface area contributed by atoms with Gasteiger partial charge in [0.2, 0.25) is 0 Å². The zero-order valence-electron chi connectivity index (χ0n) is 12.2. The topological polar surface area (TPSA) is 32.3 Å². The second-order valence-corrected chi connectivity index (χ2v) is 5.87. The molecule has 2 nitrogen and oxygen atoms in total. The normalized spacial score (nSPS) is 14.8. The molecule has 0 amide bonds. The molecule has 0 aliphatic heterocycles. The Morgan fingerprint density at radius 3 is 2.22 bits per heavy atom. The molecule has 1 rings (SSSR count). The highest BCUT2D eigenvalue weighted by Crippen LogP contribution is 2.15. The fourth-order valence-electron chi connectivity index (χ4n) is 2.32. The van der Waals surface area contributed by atoms with Crippen LogP contribution < -0.4 is 5.32 Å². The molecule has 18 heavy (non-hydrogen) atoms. The lowest BCUT2D eigenvalue weighted by Crippen LogP contribution is -2.38. The van der Waals surface area contributed by atoms with Gasteiger partial charge in [-0.3, -0.25) is 0 Å². The van der Waals surface area contributed by atoms with Crippen LogP contribution in [0.15, 0.2) is 24.3 Å². The van der Waals surface area contributed by atoms with Gasteiger partial charge >= 0.3 is 0 Å². The number of benzene rings is 1. The van der Waals surface area contributed by atoms with Gasteiger partial charge in [-0.15, -0.1) is 0 Å². The lowest BCUT2D eigenvalue weighted by atomic mass is 9.94. The molecule has 0 heterocycles. The van der Waals surface area contributed by atoms with Crippen LogP contribution in [0.1, 0.15) is 45.2 Å². The summed E-state index contributed by atoms with van der Waals surface area (Å²) in [5, 5.41) is 13.5. The van der Waals surface area contributed by atoms with Crippen molar-refractivity contribution in [3.63, 3.8) is 0 Å². The van der Waals surface area contributed by atoms with Crippen molar-refractivity contribution in [2.45, 2.75) is 52.7 Å². The summed E-state index contributed by atoms with van der Waals surface area (Å²) in [5.74, 6) is 0.519. The summed E-state index contributed by atoms with van der Waals surface area (Å²) >= 11 is 0. The van der Waals surface area contributed by atoms with Crippen LogP contribution in [0.25, 0.3) is 0 Å². The Morgan fingerprint density at radius 1 is 1.17 bits per heavy atom. The summed E-state index contributed by atoms with van der Waals surface area (Å²) in [7, 11) is 0. The quantitative estimate of drug-likeness (QED) is 0.778. The Bertz CT molecular complexity index is 341. The maximum atomic E-state index is 10.2. The zero-order chi connectivity index (χ0) is 13.6. The Morgan fingerprint density at radius 2 is 1.72 bits per heavy atom. The molecular formula is C16H27NO. The summed E-state index contributed by atoms with van der Waals surface area (Å²) in [5.41, 5.74) is 2.02. The van der Waals surface area contributed by atoms with E-state index >= 15 is 0 Å². The Labute approximate surface area is 111 Å². The maximum absolute atomic E-state index is 10.2. The molecule has 2 heteroatoms. The molecule has 1 unspecified atom stereocenters. The summed E-state index contributed by atoms with van der Waals surface area (Å²) < 4.78 is 0. The van der Waals surface area contributed by atoms with Gasteiger partial charge in [-0.1, -0.05) is 45.0 Å². The third kappa shape index (κ3) is 5.65. The molecule has 1 aromatic rings. The largest absolute Gasteiger partial charge is 0.389 e. The highest BCUT2D eigenvalue weighted by atomic mass is 16.3. The summed E-state index contributed by atoms with van der Waals surface area (Å²) in [6, 6.07) is 8.65. The van der Waals surface area contributed by atoms with E-state index in [0.29, 0.717) is 12.5 Å². The van der Waals surface area contributed by atoms with E-state index in [4.69, 9.17) is 0 Å². The first kappa shape index (κ1) is 15.2. The molecule has 1 aromatic carbocycles. The third-order valence-corrected chi connectivity index (χ3v) is 3.11. The molecule has 0 saturated heterocycles. The van der Waals surface area contributed by atoms with Gasteiger partial charge in [-0.2, -0.15) is 0 Å². The Hall–Kier alpha value is -0.860. The van der Waals surface area contributed by atoms with E-state index in [1.54, 1.807) is 0 Å². The van der Waals surface area contributed by atoms with E-state index in [1.165, 1.54) is 11.1 Å². The van der Waals surface area contributed by atoms with Gasteiger partial charge in [-0.25, -0.2) is 0 Å². The first-order valence-corrected chi connectivity index (χ1v) is 6.94. The van der Waals surface area contributed by atoms with Crippen LogP contribution in [0.5, 0.6) is 0 Å². The molecular weight excluding hydrogens is 222 g/mol. The van der Waals surface area contributed by atoms with E-state index < -0.39 is 5.60 Å². The van der Waals surface area contributed by atoms with Crippen LogP contribution in [0, 0.1) is 5.92 Å². The van der Waals surface area contributed by atoms with E-state index in [1.807, 2.05) is 6.92 Å². The first-order valence-electron chi connectivity index (χ1n) is 6.94. The number of hydrogen-bond donors (Lipinski definition) is 2. The minimum atomic E-state index is -0.614. The smallest absolute Gasteiger partial charge is 0.0746 e. The van der Waals surface area contributed by atoms with Crippen molar-refractivity contribution in [3.8, 4) is 0 Å². The zero-order valence-corrected chi connectivity index (χ0v) is 12.2. The molecule has 2 N–H and O–H groups in total.